The van der Waals surface area contributed by atoms with Crippen molar-refractivity contribution in [3.8, 4) is 0 Å². The first-order valence-electron chi connectivity index (χ1n) is 3.46. The first kappa shape index (κ1) is 12.0. The molecule has 0 aromatic heterocycles. The zero-order valence-electron chi connectivity index (χ0n) is 7.31. The zero-order valence-corrected chi connectivity index (χ0v) is 12.8. The van der Waals surface area contributed by atoms with Gasteiger partial charge in [-0.2, -0.15) is 0 Å². The molecule has 64 valence electrons. The van der Waals surface area contributed by atoms with Crippen molar-refractivity contribution in [3.63, 3.8) is 0 Å². The molecule has 7 heteroatoms. The van der Waals surface area contributed by atoms with Crippen LogP contribution in [0.2, 0.25) is 0 Å². The number of carbonyl (C=O) groups excluding carboxylic acids is 2. The van der Waals surface area contributed by atoms with E-state index in [2.05, 4.69) is 9.58 Å². The van der Waals surface area contributed by atoms with Crippen LogP contribution in [-0.4, -0.2) is 27.6 Å². The monoisotopic (exact) mass is 368 g/mol. The summed E-state index contributed by atoms with van der Waals surface area (Å²) in [7, 11) is 0. The summed E-state index contributed by atoms with van der Waals surface area (Å²) in [6.45, 7) is 2.48. The van der Waals surface area contributed by atoms with E-state index < -0.39 is 24.6 Å². The quantitative estimate of drug-likeness (QED) is 0.289. The summed E-state index contributed by atoms with van der Waals surface area (Å²) >= 11 is -2.33. The fraction of sp³-hybridized carbons (Fsp3) is 0.333. The van der Waals surface area contributed by atoms with Crippen LogP contribution >= 0.6 is 0 Å². The first-order valence-corrected chi connectivity index (χ1v) is 8.96. The molecular formula is C6H6HgN4O2. The standard InChI is InChI=1S/2C3H3N2O.Hg/c2*1-3(6)2-5-4;/h2*1H3;. The number of hydrogen-bond acceptors (Lipinski definition) is 2. The molecule has 0 saturated heterocycles. The SMILES string of the molecule is CC(=O)[C](=[N+]=[N-])[Hg][C](=[N+]=[N-])C(C)=O. The third-order valence-electron chi connectivity index (χ3n) is 1.39. The second kappa shape index (κ2) is 5.64. The van der Waals surface area contributed by atoms with Crippen LogP contribution in [0.15, 0.2) is 0 Å². The second-order valence-corrected chi connectivity index (χ2v) is 8.96. The molecule has 0 rings (SSSR count). The van der Waals surface area contributed by atoms with Gasteiger partial charge in [0.05, 0.1) is 0 Å². The van der Waals surface area contributed by atoms with Gasteiger partial charge in [0.25, 0.3) is 0 Å². The number of rotatable bonds is 4. The van der Waals surface area contributed by atoms with Crippen molar-refractivity contribution >= 4 is 18.0 Å². The molecule has 0 bridgehead atoms. The van der Waals surface area contributed by atoms with Crippen molar-refractivity contribution in [2.45, 2.75) is 13.8 Å². The van der Waals surface area contributed by atoms with Crippen molar-refractivity contribution in [3.05, 3.63) is 11.1 Å². The van der Waals surface area contributed by atoms with Gasteiger partial charge in [-0.25, -0.2) is 0 Å². The van der Waals surface area contributed by atoms with Crippen molar-refractivity contribution < 1.29 is 43.7 Å². The van der Waals surface area contributed by atoms with Crippen LogP contribution < -0.4 is 0 Å². The molecule has 6 nitrogen and oxygen atoms in total. The summed E-state index contributed by atoms with van der Waals surface area (Å²) in [4.78, 5) is 27.1. The topological polar surface area (TPSA) is 107 Å². The van der Waals surface area contributed by atoms with Crippen LogP contribution in [0.5, 0.6) is 0 Å². The number of hydrogen-bond donors (Lipinski definition) is 0. The summed E-state index contributed by atoms with van der Waals surface area (Å²) in [6.07, 6.45) is 0. The Kier molecular flexibility index (Phi) is 5.22. The van der Waals surface area contributed by atoms with Crippen molar-refractivity contribution in [2.75, 3.05) is 0 Å². The predicted octanol–water partition coefficient (Wildman–Crippen LogP) is -0.496. The van der Waals surface area contributed by atoms with Crippen LogP contribution in [0.25, 0.3) is 11.1 Å². The molecule has 0 aromatic carbocycles. The molecule has 0 unspecified atom stereocenters. The molecule has 0 amide bonds. The van der Waals surface area contributed by atoms with Gasteiger partial charge in [0.1, 0.15) is 0 Å². The number of ketones is 2. The van der Waals surface area contributed by atoms with Gasteiger partial charge >= 0.3 is 86.7 Å². The van der Waals surface area contributed by atoms with Gasteiger partial charge in [0.2, 0.25) is 0 Å². The van der Waals surface area contributed by atoms with Crippen molar-refractivity contribution in [2.24, 2.45) is 0 Å². The maximum absolute atomic E-state index is 10.8. The van der Waals surface area contributed by atoms with Crippen LogP contribution in [0, 0.1) is 0 Å². The minimum atomic E-state index is -2.33. The van der Waals surface area contributed by atoms with Crippen LogP contribution in [0.1, 0.15) is 13.8 Å². The Hall–Kier alpha value is -0.965. The molecular weight excluding hydrogens is 361 g/mol. The summed E-state index contributed by atoms with van der Waals surface area (Å²) in [5, 5.41) is 0. The Morgan fingerprint density at radius 1 is 1.00 bits per heavy atom. The van der Waals surface area contributed by atoms with E-state index in [4.69, 9.17) is 11.1 Å². The predicted molar refractivity (Wildman–Crippen MR) is 38.6 cm³/mol. The van der Waals surface area contributed by atoms with E-state index in [1.54, 1.807) is 0 Å². The summed E-state index contributed by atoms with van der Waals surface area (Å²) in [5.74, 6) is -0.766. The Labute approximate surface area is 86.6 Å². The van der Waals surface area contributed by atoms with E-state index in [0.717, 1.165) is 0 Å². The number of Topliss-reactive ketones (excluding diaryl/α,β-unsaturated/α-hetero) is 2. The molecule has 0 heterocycles. The molecule has 0 saturated carbocycles. The molecule has 0 aromatic rings. The fourth-order valence-electron chi connectivity index (χ4n) is 0.619. The molecule has 0 spiro atoms. The molecule has 0 aliphatic heterocycles. The van der Waals surface area contributed by atoms with Gasteiger partial charge in [-0.05, 0) is 0 Å². The third kappa shape index (κ3) is 3.98. The van der Waals surface area contributed by atoms with E-state index in [1.165, 1.54) is 13.8 Å². The van der Waals surface area contributed by atoms with Crippen LogP contribution in [-0.2, 0) is 34.2 Å². The van der Waals surface area contributed by atoms with E-state index in [1.807, 2.05) is 0 Å². The summed E-state index contributed by atoms with van der Waals surface area (Å²) in [5.41, 5.74) is 16.8. The van der Waals surface area contributed by atoms with Gasteiger partial charge in [0, 0.05) is 0 Å². The fourth-order valence-corrected chi connectivity index (χ4v) is 4.34. The number of carbonyl (C=O) groups is 2. The average molecular weight is 367 g/mol. The minimum absolute atomic E-state index is 0.00278. The average Bonchev–Trinajstić information content (AvgIpc) is 2.05. The Morgan fingerprint density at radius 2 is 1.31 bits per heavy atom. The number of nitrogens with zero attached hydrogens (tertiary/aromatic N) is 4. The third-order valence-corrected chi connectivity index (χ3v) is 8.96. The van der Waals surface area contributed by atoms with Crippen LogP contribution in [0.3, 0.4) is 0 Å². The second-order valence-electron chi connectivity index (χ2n) is 2.38. The molecule has 0 aliphatic carbocycles. The van der Waals surface area contributed by atoms with Gasteiger partial charge in [-0.15, -0.1) is 0 Å². The van der Waals surface area contributed by atoms with Gasteiger partial charge < -0.3 is 0 Å². The zero-order chi connectivity index (χ0) is 10.4. The van der Waals surface area contributed by atoms with Crippen LogP contribution in [0.4, 0.5) is 0 Å². The maximum atomic E-state index is 10.8. The summed E-state index contributed by atoms with van der Waals surface area (Å²) in [6, 6.07) is 0. The molecule has 0 atom stereocenters. The molecule has 0 fully saturated rings. The molecule has 13 heavy (non-hydrogen) atoms. The Balaban J connectivity index is 4.80. The van der Waals surface area contributed by atoms with Crippen molar-refractivity contribution in [1.82, 2.24) is 0 Å². The Bertz CT molecular complexity index is 316. The van der Waals surface area contributed by atoms with E-state index in [9.17, 15) is 9.59 Å². The van der Waals surface area contributed by atoms with E-state index in [-0.39, 0.29) is 18.0 Å². The molecule has 0 aliphatic rings. The van der Waals surface area contributed by atoms with E-state index in [0.29, 0.717) is 0 Å². The normalized spacial score (nSPS) is 7.54. The van der Waals surface area contributed by atoms with Gasteiger partial charge in [-0.3, -0.25) is 0 Å². The van der Waals surface area contributed by atoms with Crippen molar-refractivity contribution in [1.29, 1.82) is 0 Å². The molecule has 0 radical (unpaired) electrons. The molecule has 0 N–H and O–H groups in total. The summed E-state index contributed by atoms with van der Waals surface area (Å²) < 4.78 is 0.00556. The first-order chi connectivity index (χ1) is 6.02. The Morgan fingerprint density at radius 3 is 1.46 bits per heavy atom. The van der Waals surface area contributed by atoms with Gasteiger partial charge in [0.15, 0.2) is 0 Å². The van der Waals surface area contributed by atoms with E-state index >= 15 is 0 Å². The van der Waals surface area contributed by atoms with Gasteiger partial charge in [-0.1, -0.05) is 0 Å².